The highest BCUT2D eigenvalue weighted by Gasteiger charge is 2.51. The second kappa shape index (κ2) is 13.0. The molecule has 0 amide bonds. The average molecular weight is 731 g/mol. The van der Waals surface area contributed by atoms with E-state index in [1.54, 1.807) is 0 Å². The molecule has 1 aliphatic heterocycles. The maximum atomic E-state index is 6.56. The molecule has 0 saturated carbocycles. The summed E-state index contributed by atoms with van der Waals surface area (Å²) >= 11 is 0. The van der Waals surface area contributed by atoms with Gasteiger partial charge in [-0.05, 0) is 87.0 Å². The van der Waals surface area contributed by atoms with E-state index in [9.17, 15) is 0 Å². The lowest BCUT2D eigenvalue weighted by Crippen LogP contribution is -2.32. The van der Waals surface area contributed by atoms with Crippen LogP contribution in [0.3, 0.4) is 0 Å². The molecule has 268 valence electrons. The van der Waals surface area contributed by atoms with Gasteiger partial charge >= 0.3 is 0 Å². The molecule has 0 atom stereocenters. The predicted octanol–water partition coefficient (Wildman–Crippen LogP) is 12.3. The van der Waals surface area contributed by atoms with Crippen LogP contribution in [0.5, 0.6) is 11.5 Å². The monoisotopic (exact) mass is 730 g/mol. The van der Waals surface area contributed by atoms with Crippen LogP contribution < -0.4 is 10.5 Å². The van der Waals surface area contributed by atoms with Crippen molar-refractivity contribution < 1.29 is 4.74 Å². The van der Waals surface area contributed by atoms with Crippen molar-refractivity contribution in [1.29, 1.82) is 0 Å². The molecular weight excluding hydrogens is 697 g/mol. The van der Waals surface area contributed by atoms with Crippen molar-refractivity contribution in [2.75, 3.05) is 5.73 Å². The Hall–Kier alpha value is -7.63. The highest BCUT2D eigenvalue weighted by atomic mass is 16.5. The molecule has 0 bridgehead atoms. The molecule has 57 heavy (non-hydrogen) atoms. The molecule has 2 heterocycles. The van der Waals surface area contributed by atoms with Crippen molar-refractivity contribution in [1.82, 2.24) is 15.0 Å². The van der Waals surface area contributed by atoms with E-state index in [1.807, 2.05) is 78.9 Å². The number of hydrogen-bond acceptors (Lipinski definition) is 5. The minimum absolute atomic E-state index is 0.602. The molecule has 0 unspecified atom stereocenters. The summed E-state index contributed by atoms with van der Waals surface area (Å²) in [5.74, 6) is 3.62. The quantitative estimate of drug-likeness (QED) is 0.178. The maximum Gasteiger partial charge on any atom is 0.164 e. The minimum atomic E-state index is -0.602. The van der Waals surface area contributed by atoms with Crippen LogP contribution in [0, 0.1) is 0 Å². The molecule has 1 aromatic heterocycles. The Morgan fingerprint density at radius 2 is 0.754 bits per heavy atom. The van der Waals surface area contributed by atoms with E-state index >= 15 is 0 Å². The van der Waals surface area contributed by atoms with Crippen LogP contribution in [0.1, 0.15) is 22.3 Å². The van der Waals surface area contributed by atoms with Crippen LogP contribution >= 0.6 is 0 Å². The Kier molecular flexibility index (Phi) is 7.47. The SMILES string of the molecule is Nc1ccc2c(c1)C1(c3ccccc3Oc3ccccc31)c1cc(-c3cccc(-c4cccc(-c5nc(-c6ccccc6)nc(-c6ccccc6)n5)c4)c3)ccc1-2. The summed E-state index contributed by atoms with van der Waals surface area (Å²) in [6.07, 6.45) is 0. The first kappa shape index (κ1) is 32.8. The van der Waals surface area contributed by atoms with Crippen LogP contribution in [-0.2, 0) is 5.41 Å². The van der Waals surface area contributed by atoms with Crippen LogP contribution in [0.15, 0.2) is 194 Å². The van der Waals surface area contributed by atoms with Crippen molar-refractivity contribution >= 4 is 5.69 Å². The van der Waals surface area contributed by atoms with Gasteiger partial charge in [-0.2, -0.15) is 0 Å². The Labute approximate surface area is 330 Å². The number of nitrogen functional groups attached to an aromatic ring is 1. The van der Waals surface area contributed by atoms with Crippen LogP contribution in [-0.4, -0.2) is 15.0 Å². The lowest BCUT2D eigenvalue weighted by Gasteiger charge is -2.39. The van der Waals surface area contributed by atoms with E-state index in [2.05, 4.69) is 115 Å². The number of fused-ring (bicyclic) bond motifs is 9. The molecule has 2 aliphatic rings. The number of hydrogen-bond donors (Lipinski definition) is 1. The highest BCUT2D eigenvalue weighted by molar-refractivity contribution is 5.91. The molecule has 5 nitrogen and oxygen atoms in total. The van der Waals surface area contributed by atoms with Crippen molar-refractivity contribution in [3.05, 3.63) is 216 Å². The van der Waals surface area contributed by atoms with E-state index < -0.39 is 5.41 Å². The molecule has 0 fully saturated rings. The van der Waals surface area contributed by atoms with Gasteiger partial charge in [0.15, 0.2) is 17.5 Å². The van der Waals surface area contributed by atoms with Gasteiger partial charge in [-0.3, -0.25) is 0 Å². The van der Waals surface area contributed by atoms with Crippen molar-refractivity contribution in [2.24, 2.45) is 0 Å². The fourth-order valence-corrected chi connectivity index (χ4v) is 8.75. The van der Waals surface area contributed by atoms with Gasteiger partial charge in [0.1, 0.15) is 11.5 Å². The van der Waals surface area contributed by atoms with E-state index in [0.29, 0.717) is 17.5 Å². The van der Waals surface area contributed by atoms with Crippen molar-refractivity contribution in [3.63, 3.8) is 0 Å². The third-order valence-corrected chi connectivity index (χ3v) is 11.3. The summed E-state index contributed by atoms with van der Waals surface area (Å²) in [6, 6.07) is 67.4. The van der Waals surface area contributed by atoms with Gasteiger partial charge < -0.3 is 10.5 Å². The number of aromatic nitrogens is 3. The lowest BCUT2D eigenvalue weighted by atomic mass is 9.66. The molecule has 11 rings (SSSR count). The highest BCUT2D eigenvalue weighted by Crippen LogP contribution is 2.62. The predicted molar refractivity (Wildman–Crippen MR) is 229 cm³/mol. The second-order valence-electron chi connectivity index (χ2n) is 14.6. The fourth-order valence-electron chi connectivity index (χ4n) is 8.75. The van der Waals surface area contributed by atoms with Gasteiger partial charge in [0.25, 0.3) is 0 Å². The third-order valence-electron chi connectivity index (χ3n) is 11.3. The van der Waals surface area contributed by atoms with Crippen molar-refractivity contribution in [3.8, 4) is 79.0 Å². The van der Waals surface area contributed by atoms with Crippen LogP contribution in [0.25, 0.3) is 67.5 Å². The number of anilines is 1. The number of ether oxygens (including phenoxy) is 1. The standard InChI is InChI=1S/C52H34N4O/c53-40-26-28-42-41-27-25-38(31-45(41)52(46(42)32-40)43-21-7-9-23-47(43)57-48-24-10-8-22-44(48)52)36-18-11-17-35(29-36)37-19-12-20-39(30-37)51-55-49(33-13-3-1-4-14-33)54-50(56-51)34-15-5-2-6-16-34/h1-32H,53H2. The molecule has 0 saturated heterocycles. The van der Waals surface area contributed by atoms with Crippen LogP contribution in [0.4, 0.5) is 5.69 Å². The lowest BCUT2D eigenvalue weighted by molar-refractivity contribution is 0.436. The Morgan fingerprint density at radius 3 is 1.33 bits per heavy atom. The summed E-state index contributed by atoms with van der Waals surface area (Å²) in [4.78, 5) is 14.9. The molecule has 0 radical (unpaired) electrons. The van der Waals surface area contributed by atoms with E-state index in [1.165, 1.54) is 22.3 Å². The number of para-hydroxylation sites is 2. The molecule has 9 aromatic rings. The van der Waals surface area contributed by atoms with Gasteiger partial charge in [-0.15, -0.1) is 0 Å². The first-order chi connectivity index (χ1) is 28.1. The van der Waals surface area contributed by atoms with Gasteiger partial charge in [0, 0.05) is 33.5 Å². The average Bonchev–Trinajstić information content (AvgIpc) is 3.56. The van der Waals surface area contributed by atoms with Gasteiger partial charge in [-0.1, -0.05) is 152 Å². The Bertz CT molecular complexity index is 2910. The number of rotatable bonds is 5. The molecule has 5 heteroatoms. The summed E-state index contributed by atoms with van der Waals surface area (Å²) in [5.41, 5.74) is 20.9. The smallest absolute Gasteiger partial charge is 0.164 e. The molecule has 2 N–H and O–H groups in total. The Morgan fingerprint density at radius 1 is 0.333 bits per heavy atom. The largest absolute Gasteiger partial charge is 0.457 e. The van der Waals surface area contributed by atoms with Crippen molar-refractivity contribution in [2.45, 2.75) is 5.41 Å². The Balaban J connectivity index is 1.03. The summed E-state index contributed by atoms with van der Waals surface area (Å²) in [5, 5.41) is 0. The summed E-state index contributed by atoms with van der Waals surface area (Å²) in [7, 11) is 0. The fraction of sp³-hybridized carbons (Fsp3) is 0.0192. The summed E-state index contributed by atoms with van der Waals surface area (Å²) in [6.45, 7) is 0. The normalized spacial score (nSPS) is 12.9. The minimum Gasteiger partial charge on any atom is -0.457 e. The van der Waals surface area contributed by atoms with Crippen LogP contribution in [0.2, 0.25) is 0 Å². The first-order valence-electron chi connectivity index (χ1n) is 19.1. The van der Waals surface area contributed by atoms with E-state index in [-0.39, 0.29) is 0 Å². The number of benzene rings is 8. The molecular formula is C52H34N4O. The van der Waals surface area contributed by atoms with Gasteiger partial charge in [0.05, 0.1) is 5.41 Å². The molecule has 8 aromatic carbocycles. The third kappa shape index (κ3) is 5.28. The molecule has 1 spiro atoms. The summed E-state index contributed by atoms with van der Waals surface area (Å²) < 4.78 is 6.56. The number of nitrogens with two attached hydrogens (primary N) is 1. The zero-order valence-electron chi connectivity index (χ0n) is 30.8. The van der Waals surface area contributed by atoms with E-state index in [4.69, 9.17) is 25.4 Å². The molecule has 1 aliphatic carbocycles. The topological polar surface area (TPSA) is 73.9 Å². The first-order valence-corrected chi connectivity index (χ1v) is 19.1. The van der Waals surface area contributed by atoms with E-state index in [0.717, 1.165) is 67.3 Å². The van der Waals surface area contributed by atoms with Gasteiger partial charge in [0.2, 0.25) is 0 Å². The maximum absolute atomic E-state index is 6.56. The zero-order valence-corrected chi connectivity index (χ0v) is 30.8. The zero-order chi connectivity index (χ0) is 37.9. The number of nitrogens with zero attached hydrogens (tertiary/aromatic N) is 3. The second-order valence-corrected chi connectivity index (χ2v) is 14.6. The van der Waals surface area contributed by atoms with Gasteiger partial charge in [-0.25, -0.2) is 15.0 Å².